The predicted molar refractivity (Wildman–Crippen MR) is 81.3 cm³/mol. The summed E-state index contributed by atoms with van der Waals surface area (Å²) in [6, 6.07) is 3.93. The molecule has 2 rings (SSSR count). The fraction of sp³-hybridized carbons (Fsp3) is 0.600. The Hall–Kier alpha value is -1.82. The van der Waals surface area contributed by atoms with Gasteiger partial charge in [0.2, 0.25) is 5.88 Å². The highest BCUT2D eigenvalue weighted by Crippen LogP contribution is 2.13. The van der Waals surface area contributed by atoms with E-state index < -0.39 is 0 Å². The Bertz CT molecular complexity index is 461. The normalized spacial score (nSPS) is 16.5. The van der Waals surface area contributed by atoms with Gasteiger partial charge >= 0.3 is 6.03 Å². The fourth-order valence-electron chi connectivity index (χ4n) is 2.53. The van der Waals surface area contributed by atoms with Crippen molar-refractivity contribution in [1.29, 1.82) is 0 Å². The molecule has 1 fully saturated rings. The summed E-state index contributed by atoms with van der Waals surface area (Å²) in [5, 5.41) is 5.75. The highest BCUT2D eigenvalue weighted by molar-refractivity contribution is 5.73. The zero-order chi connectivity index (χ0) is 15.1. The van der Waals surface area contributed by atoms with E-state index in [9.17, 15) is 4.79 Å². The van der Waals surface area contributed by atoms with Crippen LogP contribution in [0.1, 0.15) is 25.3 Å². The summed E-state index contributed by atoms with van der Waals surface area (Å²) >= 11 is 0. The maximum Gasteiger partial charge on any atom is 0.315 e. The van der Waals surface area contributed by atoms with Crippen LogP contribution in [0.3, 0.4) is 0 Å². The number of likely N-dealkylation sites (tertiary alicyclic amines) is 1. The van der Waals surface area contributed by atoms with Crippen LogP contribution in [0.15, 0.2) is 18.3 Å². The number of hydrogen-bond acceptors (Lipinski definition) is 4. The molecule has 1 saturated heterocycles. The second-order valence-corrected chi connectivity index (χ2v) is 5.33. The standard InChI is InChI=1S/C15H24N4O2/c1-12(19-8-3-4-9-19)10-17-15(20)18-11-13-6-5-7-16-14(13)21-2/h5-7,12H,3-4,8-11H2,1-2H3,(H2,17,18,20). The van der Waals surface area contributed by atoms with Crippen LogP contribution in [0.5, 0.6) is 5.88 Å². The predicted octanol–water partition coefficient (Wildman–Crippen LogP) is 1.37. The van der Waals surface area contributed by atoms with E-state index in [-0.39, 0.29) is 6.03 Å². The van der Waals surface area contributed by atoms with Crippen molar-refractivity contribution in [3.05, 3.63) is 23.9 Å². The topological polar surface area (TPSA) is 66.5 Å². The van der Waals surface area contributed by atoms with Gasteiger partial charge in [-0.15, -0.1) is 0 Å². The molecule has 1 unspecified atom stereocenters. The van der Waals surface area contributed by atoms with Gasteiger partial charge in [-0.1, -0.05) is 6.07 Å². The molecule has 0 bridgehead atoms. The Morgan fingerprint density at radius 1 is 1.43 bits per heavy atom. The minimum Gasteiger partial charge on any atom is -0.481 e. The molecule has 1 aliphatic heterocycles. The third-order valence-corrected chi connectivity index (χ3v) is 3.80. The van der Waals surface area contributed by atoms with E-state index in [1.807, 2.05) is 12.1 Å². The molecule has 1 aromatic rings. The van der Waals surface area contributed by atoms with E-state index in [0.29, 0.717) is 25.0 Å². The molecule has 1 atom stereocenters. The average Bonchev–Trinajstić information content (AvgIpc) is 3.05. The largest absolute Gasteiger partial charge is 0.481 e. The Kier molecular flexibility index (Phi) is 5.80. The van der Waals surface area contributed by atoms with Gasteiger partial charge in [0.25, 0.3) is 0 Å². The Labute approximate surface area is 125 Å². The molecule has 2 amide bonds. The summed E-state index contributed by atoms with van der Waals surface area (Å²) < 4.78 is 5.15. The van der Waals surface area contributed by atoms with Gasteiger partial charge in [-0.3, -0.25) is 4.90 Å². The summed E-state index contributed by atoms with van der Waals surface area (Å²) in [4.78, 5) is 18.3. The molecule has 2 N–H and O–H groups in total. The molecule has 0 aliphatic carbocycles. The lowest BCUT2D eigenvalue weighted by Gasteiger charge is -2.23. The average molecular weight is 292 g/mol. The van der Waals surface area contributed by atoms with Crippen LogP contribution in [0.25, 0.3) is 0 Å². The third kappa shape index (κ3) is 4.60. The first kappa shape index (κ1) is 15.6. The van der Waals surface area contributed by atoms with Crippen LogP contribution < -0.4 is 15.4 Å². The van der Waals surface area contributed by atoms with E-state index >= 15 is 0 Å². The van der Waals surface area contributed by atoms with Gasteiger partial charge in [-0.05, 0) is 38.9 Å². The number of amides is 2. The zero-order valence-electron chi connectivity index (χ0n) is 12.8. The number of pyridine rings is 1. The number of urea groups is 1. The highest BCUT2D eigenvalue weighted by Gasteiger charge is 2.18. The number of methoxy groups -OCH3 is 1. The molecular weight excluding hydrogens is 268 g/mol. The van der Waals surface area contributed by atoms with Crippen LogP contribution in [-0.2, 0) is 6.54 Å². The SMILES string of the molecule is COc1ncccc1CNC(=O)NCC(C)N1CCCC1. The number of nitrogens with zero attached hydrogens (tertiary/aromatic N) is 2. The molecule has 6 nitrogen and oxygen atoms in total. The summed E-state index contributed by atoms with van der Waals surface area (Å²) in [6.45, 7) is 5.49. The zero-order valence-corrected chi connectivity index (χ0v) is 12.8. The fourth-order valence-corrected chi connectivity index (χ4v) is 2.53. The number of ether oxygens (including phenoxy) is 1. The van der Waals surface area contributed by atoms with Crippen LogP contribution in [0.2, 0.25) is 0 Å². The number of aromatic nitrogens is 1. The maximum atomic E-state index is 11.8. The molecule has 0 saturated carbocycles. The Morgan fingerprint density at radius 2 is 2.19 bits per heavy atom. The number of carbonyl (C=O) groups excluding carboxylic acids is 1. The van der Waals surface area contributed by atoms with Crippen molar-refractivity contribution in [1.82, 2.24) is 20.5 Å². The second-order valence-electron chi connectivity index (χ2n) is 5.33. The smallest absolute Gasteiger partial charge is 0.315 e. The van der Waals surface area contributed by atoms with Gasteiger partial charge in [0.1, 0.15) is 0 Å². The van der Waals surface area contributed by atoms with E-state index in [1.165, 1.54) is 12.8 Å². The number of hydrogen-bond donors (Lipinski definition) is 2. The van der Waals surface area contributed by atoms with Crippen molar-refractivity contribution >= 4 is 6.03 Å². The molecule has 1 aliphatic rings. The molecule has 2 heterocycles. The molecule has 0 radical (unpaired) electrons. The second kappa shape index (κ2) is 7.83. The Balaban J connectivity index is 1.72. The summed E-state index contributed by atoms with van der Waals surface area (Å²) in [5.41, 5.74) is 0.864. The van der Waals surface area contributed by atoms with E-state index in [0.717, 1.165) is 18.7 Å². The molecular formula is C15H24N4O2. The summed E-state index contributed by atoms with van der Waals surface area (Å²) in [5.74, 6) is 0.545. The molecule has 0 aromatic carbocycles. The van der Waals surface area contributed by atoms with Crippen molar-refractivity contribution in [3.63, 3.8) is 0 Å². The van der Waals surface area contributed by atoms with Crippen molar-refractivity contribution in [2.45, 2.75) is 32.4 Å². The van der Waals surface area contributed by atoms with Crippen molar-refractivity contribution in [2.24, 2.45) is 0 Å². The first-order chi connectivity index (χ1) is 10.2. The molecule has 0 spiro atoms. The van der Waals surface area contributed by atoms with Crippen LogP contribution in [-0.4, -0.2) is 48.7 Å². The highest BCUT2D eigenvalue weighted by atomic mass is 16.5. The first-order valence-corrected chi connectivity index (χ1v) is 7.44. The van der Waals surface area contributed by atoms with Gasteiger partial charge in [-0.2, -0.15) is 0 Å². The van der Waals surface area contributed by atoms with Crippen molar-refractivity contribution in [2.75, 3.05) is 26.7 Å². The van der Waals surface area contributed by atoms with Gasteiger partial charge in [0.15, 0.2) is 0 Å². The number of carbonyl (C=O) groups is 1. The van der Waals surface area contributed by atoms with Gasteiger partial charge in [0.05, 0.1) is 7.11 Å². The lowest BCUT2D eigenvalue weighted by molar-refractivity contribution is 0.226. The van der Waals surface area contributed by atoms with Gasteiger partial charge < -0.3 is 15.4 Å². The van der Waals surface area contributed by atoms with Crippen LogP contribution >= 0.6 is 0 Å². The lowest BCUT2D eigenvalue weighted by Crippen LogP contribution is -2.44. The summed E-state index contributed by atoms with van der Waals surface area (Å²) in [7, 11) is 1.57. The van der Waals surface area contributed by atoms with Crippen LogP contribution in [0, 0.1) is 0 Å². The monoisotopic (exact) mass is 292 g/mol. The Morgan fingerprint density at radius 3 is 2.90 bits per heavy atom. The minimum absolute atomic E-state index is 0.160. The van der Waals surface area contributed by atoms with Crippen molar-refractivity contribution in [3.8, 4) is 5.88 Å². The lowest BCUT2D eigenvalue weighted by atomic mass is 10.2. The minimum atomic E-state index is -0.160. The van der Waals surface area contributed by atoms with E-state index in [1.54, 1.807) is 13.3 Å². The van der Waals surface area contributed by atoms with E-state index in [4.69, 9.17) is 4.74 Å². The molecule has 116 valence electrons. The number of rotatable bonds is 6. The third-order valence-electron chi connectivity index (χ3n) is 3.80. The molecule has 21 heavy (non-hydrogen) atoms. The van der Waals surface area contributed by atoms with Crippen LogP contribution in [0.4, 0.5) is 4.79 Å². The quantitative estimate of drug-likeness (QED) is 0.831. The van der Waals surface area contributed by atoms with Gasteiger partial charge in [-0.25, -0.2) is 9.78 Å². The maximum absolute atomic E-state index is 11.8. The molecule has 1 aromatic heterocycles. The van der Waals surface area contributed by atoms with Crippen molar-refractivity contribution < 1.29 is 9.53 Å². The first-order valence-electron chi connectivity index (χ1n) is 7.44. The van der Waals surface area contributed by atoms with E-state index in [2.05, 4.69) is 27.4 Å². The molecule has 6 heteroatoms. The summed E-state index contributed by atoms with van der Waals surface area (Å²) in [6.07, 6.45) is 4.19. The van der Waals surface area contributed by atoms with Gasteiger partial charge in [0, 0.05) is 30.9 Å². The number of nitrogens with one attached hydrogen (secondary N) is 2.